The zero-order valence-electron chi connectivity index (χ0n) is 25.1. The van der Waals surface area contributed by atoms with E-state index in [9.17, 15) is 27.6 Å². The van der Waals surface area contributed by atoms with Gasteiger partial charge in [-0.05, 0) is 63.4 Å². The van der Waals surface area contributed by atoms with Crippen molar-refractivity contribution in [3.63, 3.8) is 0 Å². The lowest BCUT2D eigenvalue weighted by molar-refractivity contribution is -0.141. The zero-order chi connectivity index (χ0) is 32.3. The van der Waals surface area contributed by atoms with Crippen LogP contribution in [0.3, 0.4) is 0 Å². The number of fused-ring (bicyclic) bond motifs is 1. The number of carbonyl (C=O) groups is 3. The van der Waals surface area contributed by atoms with Crippen molar-refractivity contribution in [1.82, 2.24) is 34.9 Å². The van der Waals surface area contributed by atoms with Gasteiger partial charge in [0.25, 0.3) is 11.8 Å². The van der Waals surface area contributed by atoms with Gasteiger partial charge >= 0.3 is 6.18 Å². The van der Waals surface area contributed by atoms with Crippen LogP contribution in [0.15, 0.2) is 30.6 Å². The van der Waals surface area contributed by atoms with Crippen molar-refractivity contribution in [2.75, 3.05) is 31.5 Å². The van der Waals surface area contributed by atoms with Gasteiger partial charge < -0.3 is 25.4 Å². The molecular formula is C31H34ClF3N8O3. The van der Waals surface area contributed by atoms with E-state index in [4.69, 9.17) is 11.6 Å². The Morgan fingerprint density at radius 3 is 2.39 bits per heavy atom. The molecule has 0 bridgehead atoms. The molecule has 2 saturated carbocycles. The number of aromatic nitrogens is 4. The summed E-state index contributed by atoms with van der Waals surface area (Å²) in [5.41, 5.74) is -0.521. The molecule has 3 atom stereocenters. The summed E-state index contributed by atoms with van der Waals surface area (Å²) in [4.78, 5) is 45.0. The van der Waals surface area contributed by atoms with Crippen LogP contribution in [0.25, 0.3) is 11.3 Å². The fraction of sp³-hybridized carbons (Fsp3) is 0.516. The van der Waals surface area contributed by atoms with Crippen LogP contribution in [0.5, 0.6) is 0 Å². The zero-order valence-corrected chi connectivity index (χ0v) is 25.9. The SMILES string of the molecule is Cn1c(-c2cn(C3CCC3)nc2C(F)(F)F)cnc1C(=O)Nc1ccc(C(=O)NC2[C@H]3CN(C(=O)C4CCNCC4)C[C@@H]23)c(Cl)c1. The third-order valence-electron chi connectivity index (χ3n) is 9.88. The first-order valence-electron chi connectivity index (χ1n) is 15.6. The van der Waals surface area contributed by atoms with Gasteiger partial charge in [0.15, 0.2) is 11.5 Å². The summed E-state index contributed by atoms with van der Waals surface area (Å²) in [6.07, 6.45) is 2.11. The number of halogens is 4. The van der Waals surface area contributed by atoms with Crippen LogP contribution in [0, 0.1) is 17.8 Å². The van der Waals surface area contributed by atoms with E-state index in [0.717, 1.165) is 45.2 Å². The molecule has 2 saturated heterocycles. The normalized spacial score (nSPS) is 23.2. The van der Waals surface area contributed by atoms with E-state index in [2.05, 4.69) is 26.0 Å². The molecule has 4 aliphatic rings. The van der Waals surface area contributed by atoms with E-state index >= 15 is 0 Å². The van der Waals surface area contributed by atoms with Crippen LogP contribution in [0.4, 0.5) is 18.9 Å². The molecule has 2 aliphatic carbocycles. The summed E-state index contributed by atoms with van der Waals surface area (Å²) in [5, 5.41) is 12.9. The molecular weight excluding hydrogens is 625 g/mol. The predicted octanol–water partition coefficient (Wildman–Crippen LogP) is 4.12. The lowest BCUT2D eigenvalue weighted by atomic mass is 9.93. The lowest BCUT2D eigenvalue weighted by Gasteiger charge is -2.28. The number of amides is 3. The number of nitrogens with zero attached hydrogens (tertiary/aromatic N) is 5. The van der Waals surface area contributed by atoms with Crippen LogP contribution in [0.1, 0.15) is 64.8 Å². The molecule has 4 heterocycles. The third kappa shape index (κ3) is 5.65. The molecule has 1 unspecified atom stereocenters. The number of anilines is 1. The Balaban J connectivity index is 0.976. The molecule has 15 heteroatoms. The highest BCUT2D eigenvalue weighted by Gasteiger charge is 2.57. The summed E-state index contributed by atoms with van der Waals surface area (Å²) in [6.45, 7) is 3.02. The van der Waals surface area contributed by atoms with Crippen molar-refractivity contribution < 1.29 is 27.6 Å². The molecule has 2 aromatic heterocycles. The number of alkyl halides is 3. The molecule has 0 spiro atoms. The van der Waals surface area contributed by atoms with E-state index in [1.165, 1.54) is 46.9 Å². The van der Waals surface area contributed by atoms with E-state index < -0.39 is 17.8 Å². The first kappa shape index (κ1) is 30.7. The molecule has 3 aromatic rings. The number of imidazole rings is 1. The molecule has 3 amide bonds. The summed E-state index contributed by atoms with van der Waals surface area (Å²) in [6, 6.07) is 4.38. The molecule has 0 radical (unpaired) electrons. The molecule has 11 nitrogen and oxygen atoms in total. The van der Waals surface area contributed by atoms with Crippen LogP contribution in [-0.2, 0) is 18.0 Å². The van der Waals surface area contributed by atoms with Gasteiger partial charge in [-0.15, -0.1) is 0 Å². The maximum atomic E-state index is 13.8. The quantitative estimate of drug-likeness (QED) is 0.351. The van der Waals surface area contributed by atoms with E-state index in [1.54, 1.807) is 0 Å². The van der Waals surface area contributed by atoms with Gasteiger partial charge in [-0.1, -0.05) is 11.6 Å². The van der Waals surface area contributed by atoms with Crippen LogP contribution in [0.2, 0.25) is 5.02 Å². The molecule has 7 rings (SSSR count). The summed E-state index contributed by atoms with van der Waals surface area (Å²) >= 11 is 6.44. The highest BCUT2D eigenvalue weighted by atomic mass is 35.5. The Bertz CT molecular complexity index is 1680. The minimum absolute atomic E-state index is 0.0173. The van der Waals surface area contributed by atoms with Gasteiger partial charge in [-0.3, -0.25) is 19.1 Å². The van der Waals surface area contributed by atoms with Crippen molar-refractivity contribution in [3.05, 3.63) is 52.7 Å². The van der Waals surface area contributed by atoms with Crippen LogP contribution < -0.4 is 16.0 Å². The van der Waals surface area contributed by atoms with Crippen molar-refractivity contribution >= 4 is 35.0 Å². The number of benzene rings is 1. The number of carbonyl (C=O) groups excluding carboxylic acids is 3. The topological polar surface area (TPSA) is 126 Å². The van der Waals surface area contributed by atoms with Crippen molar-refractivity contribution in [3.8, 4) is 11.3 Å². The summed E-state index contributed by atoms with van der Waals surface area (Å²) in [5.74, 6) is -0.346. The third-order valence-corrected chi connectivity index (χ3v) is 10.2. The maximum absolute atomic E-state index is 13.8. The molecule has 4 fully saturated rings. The Morgan fingerprint density at radius 2 is 1.76 bits per heavy atom. The standard InChI is InChI=1S/C31H34ClF3N8O3/c1-41-24(22-15-43(18-3-2-4-18)40-26(22)31(33,34)35)12-37-27(41)29(45)38-17-5-6-19(23(32)11-17)28(44)39-25-20-13-42(14-21(20)25)30(46)16-7-9-36-10-8-16/h5-6,11-12,15-16,18,20-21,25,36H,2-4,7-10,13-14H2,1H3,(H,38,45)(H,39,44)/t20-,21+,25?. The number of likely N-dealkylation sites (tertiary alicyclic amines) is 1. The van der Waals surface area contributed by atoms with Gasteiger partial charge in [0.1, 0.15) is 0 Å². The molecule has 2 aliphatic heterocycles. The number of hydrogen-bond donors (Lipinski definition) is 3. The molecule has 244 valence electrons. The van der Waals surface area contributed by atoms with Gasteiger partial charge in [0.2, 0.25) is 5.91 Å². The largest absolute Gasteiger partial charge is 0.435 e. The molecule has 3 N–H and O–H groups in total. The summed E-state index contributed by atoms with van der Waals surface area (Å²) in [7, 11) is 1.47. The number of rotatable bonds is 7. The van der Waals surface area contributed by atoms with Crippen LogP contribution in [-0.4, -0.2) is 74.2 Å². The monoisotopic (exact) mass is 658 g/mol. The van der Waals surface area contributed by atoms with Crippen molar-refractivity contribution in [2.45, 2.75) is 50.4 Å². The maximum Gasteiger partial charge on any atom is 0.435 e. The molecule has 1 aromatic carbocycles. The smallest absolute Gasteiger partial charge is 0.349 e. The second-order valence-electron chi connectivity index (χ2n) is 12.7. The lowest BCUT2D eigenvalue weighted by Crippen LogP contribution is -2.43. The van der Waals surface area contributed by atoms with Gasteiger partial charge in [-0.2, -0.15) is 18.3 Å². The van der Waals surface area contributed by atoms with Crippen molar-refractivity contribution in [2.24, 2.45) is 24.8 Å². The first-order valence-corrected chi connectivity index (χ1v) is 16.0. The van der Waals surface area contributed by atoms with Crippen LogP contribution >= 0.6 is 11.6 Å². The predicted molar refractivity (Wildman–Crippen MR) is 162 cm³/mol. The van der Waals surface area contributed by atoms with E-state index in [-0.39, 0.29) is 69.3 Å². The Kier molecular flexibility index (Phi) is 7.82. The van der Waals surface area contributed by atoms with Gasteiger partial charge in [0, 0.05) is 55.8 Å². The fourth-order valence-electron chi connectivity index (χ4n) is 6.94. The Labute approximate surface area is 267 Å². The molecule has 46 heavy (non-hydrogen) atoms. The summed E-state index contributed by atoms with van der Waals surface area (Å²) < 4.78 is 44.2. The first-order chi connectivity index (χ1) is 22.0. The van der Waals surface area contributed by atoms with Crippen molar-refractivity contribution in [1.29, 1.82) is 0 Å². The highest BCUT2D eigenvalue weighted by Crippen LogP contribution is 2.46. The van der Waals surface area contributed by atoms with Gasteiger partial charge in [0.05, 0.1) is 34.1 Å². The fourth-order valence-corrected chi connectivity index (χ4v) is 7.20. The average Bonchev–Trinajstić information content (AvgIpc) is 3.41. The van der Waals surface area contributed by atoms with Gasteiger partial charge in [-0.25, -0.2) is 4.98 Å². The Hall–Kier alpha value is -3.91. The second-order valence-corrected chi connectivity index (χ2v) is 13.1. The van der Waals surface area contributed by atoms with E-state index in [1.807, 2.05) is 4.90 Å². The number of hydrogen-bond acceptors (Lipinski definition) is 6. The number of nitrogens with one attached hydrogen (secondary N) is 3. The second kappa shape index (κ2) is 11.7. The minimum Gasteiger partial charge on any atom is -0.349 e. The minimum atomic E-state index is -4.67. The average molecular weight is 659 g/mol. The number of piperidine rings is 2. The Morgan fingerprint density at radius 1 is 1.04 bits per heavy atom. The highest BCUT2D eigenvalue weighted by molar-refractivity contribution is 6.34. The van der Waals surface area contributed by atoms with E-state index in [0.29, 0.717) is 18.8 Å².